The largest absolute Gasteiger partial charge is 0.494 e. The molecule has 0 aliphatic heterocycles. The molecule has 0 fully saturated rings. The lowest BCUT2D eigenvalue weighted by Crippen LogP contribution is -2.12. The second-order valence-corrected chi connectivity index (χ2v) is 7.38. The molecule has 142 valence electrons. The fourth-order valence-electron chi connectivity index (χ4n) is 2.77. The number of thiazole rings is 1. The van der Waals surface area contributed by atoms with E-state index in [0.717, 1.165) is 27.3 Å². The zero-order valence-corrected chi connectivity index (χ0v) is 16.7. The van der Waals surface area contributed by atoms with Gasteiger partial charge in [0, 0.05) is 6.42 Å². The molecule has 0 radical (unpaired) electrons. The highest BCUT2D eigenvalue weighted by molar-refractivity contribution is 7.22. The summed E-state index contributed by atoms with van der Waals surface area (Å²) in [5, 5.41) is 3.48. The Hall–Kier alpha value is -2.60. The average Bonchev–Trinajstić information content (AvgIpc) is 3.02. The highest BCUT2D eigenvalue weighted by Crippen LogP contribution is 2.29. The zero-order valence-electron chi connectivity index (χ0n) is 15.9. The molecule has 0 bridgehead atoms. The predicted molar refractivity (Wildman–Crippen MR) is 110 cm³/mol. The summed E-state index contributed by atoms with van der Waals surface area (Å²) >= 11 is 1.45. The third-order valence-corrected chi connectivity index (χ3v) is 4.99. The molecular formula is C21H24N2O3S. The van der Waals surface area contributed by atoms with Crippen molar-refractivity contribution in [1.29, 1.82) is 0 Å². The first kappa shape index (κ1) is 19.2. The Bertz CT molecular complexity index is 936. The summed E-state index contributed by atoms with van der Waals surface area (Å²) in [6, 6.07) is 11.8. The van der Waals surface area contributed by atoms with Crippen LogP contribution in [-0.2, 0) is 4.79 Å². The smallest absolute Gasteiger partial charge is 0.226 e. The maximum absolute atomic E-state index is 12.2. The van der Waals surface area contributed by atoms with E-state index in [1.807, 2.05) is 44.2 Å². The summed E-state index contributed by atoms with van der Waals surface area (Å²) in [7, 11) is 0. The Kier molecular flexibility index (Phi) is 6.29. The summed E-state index contributed by atoms with van der Waals surface area (Å²) < 4.78 is 12.3. The molecule has 0 saturated carbocycles. The molecule has 1 aromatic heterocycles. The molecule has 0 spiro atoms. The molecule has 1 N–H and O–H groups in total. The number of rotatable bonds is 8. The quantitative estimate of drug-likeness (QED) is 0.548. The zero-order chi connectivity index (χ0) is 19.2. The predicted octanol–water partition coefficient (Wildman–Crippen LogP) is 5.11. The van der Waals surface area contributed by atoms with Gasteiger partial charge in [-0.2, -0.15) is 0 Å². The Balaban J connectivity index is 1.48. The van der Waals surface area contributed by atoms with Crippen molar-refractivity contribution in [2.45, 2.75) is 33.6 Å². The van der Waals surface area contributed by atoms with Gasteiger partial charge in [-0.05, 0) is 57.0 Å². The van der Waals surface area contributed by atoms with Crippen molar-refractivity contribution in [2.75, 3.05) is 18.5 Å². The van der Waals surface area contributed by atoms with Crippen molar-refractivity contribution in [2.24, 2.45) is 0 Å². The minimum absolute atomic E-state index is 0.0525. The van der Waals surface area contributed by atoms with E-state index in [9.17, 15) is 4.79 Å². The average molecular weight is 385 g/mol. The van der Waals surface area contributed by atoms with Crippen LogP contribution < -0.4 is 14.8 Å². The molecule has 0 aliphatic carbocycles. The summed E-state index contributed by atoms with van der Waals surface area (Å²) in [6.45, 7) is 7.17. The molecule has 5 nitrogen and oxygen atoms in total. The van der Waals surface area contributed by atoms with Crippen molar-refractivity contribution >= 4 is 32.6 Å². The van der Waals surface area contributed by atoms with Gasteiger partial charge in [-0.25, -0.2) is 4.98 Å². The summed E-state index contributed by atoms with van der Waals surface area (Å²) in [6.07, 6.45) is 1.05. The number of ether oxygens (including phenoxy) is 2. The van der Waals surface area contributed by atoms with Crippen LogP contribution in [0.15, 0.2) is 36.4 Å². The van der Waals surface area contributed by atoms with Gasteiger partial charge in [0.2, 0.25) is 5.91 Å². The number of carbonyl (C=O) groups is 1. The van der Waals surface area contributed by atoms with Crippen LogP contribution >= 0.6 is 11.3 Å². The molecule has 0 saturated heterocycles. The van der Waals surface area contributed by atoms with Crippen LogP contribution in [0.1, 0.15) is 30.9 Å². The van der Waals surface area contributed by atoms with E-state index in [0.29, 0.717) is 31.2 Å². The third-order valence-electron chi connectivity index (χ3n) is 4.05. The molecule has 27 heavy (non-hydrogen) atoms. The summed E-state index contributed by atoms with van der Waals surface area (Å²) in [4.78, 5) is 16.6. The normalized spacial score (nSPS) is 10.8. The van der Waals surface area contributed by atoms with Gasteiger partial charge in [0.25, 0.3) is 0 Å². The van der Waals surface area contributed by atoms with E-state index >= 15 is 0 Å². The third kappa shape index (κ3) is 5.20. The Labute approximate surface area is 163 Å². The molecule has 0 atom stereocenters. The van der Waals surface area contributed by atoms with Gasteiger partial charge in [0.05, 0.1) is 23.4 Å². The first-order chi connectivity index (χ1) is 13.0. The monoisotopic (exact) mass is 384 g/mol. The maximum atomic E-state index is 12.2. The number of benzene rings is 2. The van der Waals surface area contributed by atoms with Crippen LogP contribution in [0.3, 0.4) is 0 Å². The lowest BCUT2D eigenvalue weighted by atomic mass is 10.1. The second-order valence-electron chi connectivity index (χ2n) is 6.35. The van der Waals surface area contributed by atoms with Crippen LogP contribution in [-0.4, -0.2) is 24.1 Å². The molecule has 3 aromatic rings. The van der Waals surface area contributed by atoms with Gasteiger partial charge in [-0.1, -0.05) is 29.0 Å². The minimum Gasteiger partial charge on any atom is -0.494 e. The highest BCUT2D eigenvalue weighted by Gasteiger charge is 2.09. The van der Waals surface area contributed by atoms with Crippen LogP contribution in [0.25, 0.3) is 10.2 Å². The number of anilines is 1. The Morgan fingerprint density at radius 2 is 2.00 bits per heavy atom. The molecular weight excluding hydrogens is 360 g/mol. The fraction of sp³-hybridized carbons (Fsp3) is 0.333. The Morgan fingerprint density at radius 1 is 1.15 bits per heavy atom. The number of hydrogen-bond donors (Lipinski definition) is 1. The van der Waals surface area contributed by atoms with Gasteiger partial charge in [0.15, 0.2) is 5.13 Å². The van der Waals surface area contributed by atoms with Gasteiger partial charge >= 0.3 is 0 Å². The Morgan fingerprint density at radius 3 is 2.78 bits per heavy atom. The van der Waals surface area contributed by atoms with Crippen molar-refractivity contribution in [3.05, 3.63) is 47.5 Å². The number of aryl methyl sites for hydroxylation is 2. The van der Waals surface area contributed by atoms with Crippen molar-refractivity contribution < 1.29 is 14.3 Å². The number of nitrogens with zero attached hydrogens (tertiary/aromatic N) is 1. The van der Waals surface area contributed by atoms with Crippen molar-refractivity contribution in [3.63, 3.8) is 0 Å². The SMILES string of the molecule is CCOc1ccc2nc(NC(=O)CCCOc3ccc(C)cc3C)sc2c1. The van der Waals surface area contributed by atoms with Crippen molar-refractivity contribution in [3.8, 4) is 11.5 Å². The lowest BCUT2D eigenvalue weighted by Gasteiger charge is -2.09. The second kappa shape index (κ2) is 8.86. The van der Waals surface area contributed by atoms with Gasteiger partial charge in [-0.3, -0.25) is 4.79 Å². The fourth-order valence-corrected chi connectivity index (χ4v) is 3.68. The van der Waals surface area contributed by atoms with Crippen molar-refractivity contribution in [1.82, 2.24) is 4.98 Å². The highest BCUT2D eigenvalue weighted by atomic mass is 32.1. The minimum atomic E-state index is -0.0525. The van der Waals surface area contributed by atoms with Crippen LogP contribution in [0.2, 0.25) is 0 Å². The van der Waals surface area contributed by atoms with Gasteiger partial charge in [-0.15, -0.1) is 0 Å². The molecule has 1 heterocycles. The molecule has 6 heteroatoms. The number of fused-ring (bicyclic) bond motifs is 1. The number of nitrogens with one attached hydrogen (secondary N) is 1. The van der Waals surface area contributed by atoms with Crippen LogP contribution in [0.5, 0.6) is 11.5 Å². The van der Waals surface area contributed by atoms with E-state index in [-0.39, 0.29) is 5.91 Å². The first-order valence-corrected chi connectivity index (χ1v) is 9.90. The number of carbonyl (C=O) groups excluding carboxylic acids is 1. The lowest BCUT2D eigenvalue weighted by molar-refractivity contribution is -0.116. The van der Waals surface area contributed by atoms with Crippen LogP contribution in [0.4, 0.5) is 5.13 Å². The number of aromatic nitrogens is 1. The molecule has 3 rings (SSSR count). The number of hydrogen-bond acceptors (Lipinski definition) is 5. The number of amides is 1. The first-order valence-electron chi connectivity index (χ1n) is 9.08. The molecule has 0 aliphatic rings. The van der Waals surface area contributed by atoms with Crippen LogP contribution in [0, 0.1) is 13.8 Å². The molecule has 2 aromatic carbocycles. The van der Waals surface area contributed by atoms with E-state index in [1.165, 1.54) is 16.9 Å². The molecule has 1 amide bonds. The van der Waals surface area contributed by atoms with Gasteiger partial charge in [0.1, 0.15) is 11.5 Å². The molecule has 0 unspecified atom stereocenters. The maximum Gasteiger partial charge on any atom is 0.226 e. The summed E-state index contributed by atoms with van der Waals surface area (Å²) in [5.74, 6) is 1.63. The summed E-state index contributed by atoms with van der Waals surface area (Å²) in [5.41, 5.74) is 3.18. The van der Waals surface area contributed by atoms with Gasteiger partial charge < -0.3 is 14.8 Å². The van der Waals surface area contributed by atoms with E-state index in [1.54, 1.807) is 0 Å². The van der Waals surface area contributed by atoms with E-state index in [2.05, 4.69) is 23.3 Å². The van der Waals surface area contributed by atoms with E-state index < -0.39 is 0 Å². The van der Waals surface area contributed by atoms with E-state index in [4.69, 9.17) is 9.47 Å². The standard InChI is InChI=1S/C21H24N2O3S/c1-4-25-16-8-9-17-19(13-16)27-21(22-17)23-20(24)6-5-11-26-18-10-7-14(2)12-15(18)3/h7-10,12-13H,4-6,11H2,1-3H3,(H,22,23,24). The topological polar surface area (TPSA) is 60.5 Å².